The van der Waals surface area contributed by atoms with Crippen molar-refractivity contribution >= 4 is 18.7 Å². The van der Waals surface area contributed by atoms with Crippen LogP contribution in [0.4, 0.5) is 0 Å². The molecule has 0 aliphatic carbocycles. The van der Waals surface area contributed by atoms with E-state index in [-0.39, 0.29) is 12.4 Å². The fourth-order valence-corrected chi connectivity index (χ4v) is 0.445. The molecule has 68 valence electrons. The molecule has 0 spiro atoms. The zero-order valence-corrected chi connectivity index (χ0v) is 6.57. The van der Waals surface area contributed by atoms with Crippen LogP contribution in [0.1, 0.15) is 0 Å². The summed E-state index contributed by atoms with van der Waals surface area (Å²) in [5.41, 5.74) is 5.00. The minimum atomic E-state index is -1.39. The predicted molar refractivity (Wildman–Crippen MR) is 40.4 cm³/mol. The third-order valence-electron chi connectivity index (χ3n) is 1.13. The van der Waals surface area contributed by atoms with E-state index >= 15 is 0 Å². The first-order valence-electron chi connectivity index (χ1n) is 2.81. The van der Waals surface area contributed by atoms with E-state index < -0.39 is 24.9 Å². The second-order valence-electron chi connectivity index (χ2n) is 1.95. The van der Waals surface area contributed by atoms with Crippen LogP contribution >= 0.6 is 12.4 Å². The molecule has 3 atom stereocenters. The molecular weight excluding hydrogens is 174 g/mol. The lowest BCUT2D eigenvalue weighted by molar-refractivity contribution is -0.114. The normalized spacial score (nSPS) is 17.8. The van der Waals surface area contributed by atoms with Gasteiger partial charge in [0, 0.05) is 0 Å². The number of halogens is 1. The van der Waals surface area contributed by atoms with Crippen LogP contribution in [-0.4, -0.2) is 46.5 Å². The van der Waals surface area contributed by atoms with Gasteiger partial charge in [0.25, 0.3) is 0 Å². The number of carbonyl (C=O) groups is 1. The molecule has 5 N–H and O–H groups in total. The maximum absolute atomic E-state index is 9.89. The Morgan fingerprint density at radius 3 is 2.18 bits per heavy atom. The monoisotopic (exact) mass is 185 g/mol. The van der Waals surface area contributed by atoms with Gasteiger partial charge in [-0.3, -0.25) is 0 Å². The second-order valence-corrected chi connectivity index (χ2v) is 1.95. The van der Waals surface area contributed by atoms with Crippen molar-refractivity contribution in [3.63, 3.8) is 0 Å². The van der Waals surface area contributed by atoms with E-state index in [4.69, 9.17) is 21.1 Å². The average molecular weight is 186 g/mol. The smallest absolute Gasteiger partial charge is 0.139 e. The molecule has 0 aromatic rings. The molecule has 0 saturated carbocycles. The summed E-state index contributed by atoms with van der Waals surface area (Å²) in [5.74, 6) is 0. The van der Waals surface area contributed by atoms with E-state index in [9.17, 15) is 4.79 Å². The van der Waals surface area contributed by atoms with Crippen molar-refractivity contribution in [2.24, 2.45) is 5.73 Å². The number of rotatable bonds is 4. The average Bonchev–Trinajstić information content (AvgIpc) is 2.00. The maximum Gasteiger partial charge on any atom is 0.139 e. The summed E-state index contributed by atoms with van der Waals surface area (Å²) < 4.78 is 0. The molecule has 6 heteroatoms. The van der Waals surface area contributed by atoms with Crippen LogP contribution in [0.5, 0.6) is 0 Å². The first-order chi connectivity index (χ1) is 4.63. The number of hydrogen-bond donors (Lipinski definition) is 4. The van der Waals surface area contributed by atoms with Crippen molar-refractivity contribution in [1.82, 2.24) is 0 Å². The van der Waals surface area contributed by atoms with E-state index in [1.165, 1.54) is 0 Å². The van der Waals surface area contributed by atoms with E-state index in [2.05, 4.69) is 0 Å². The van der Waals surface area contributed by atoms with Gasteiger partial charge in [0.2, 0.25) is 0 Å². The van der Waals surface area contributed by atoms with Crippen molar-refractivity contribution in [3.8, 4) is 0 Å². The molecule has 3 unspecified atom stereocenters. The SMILES string of the molecule is Cl.NC(C=O)C(O)C(O)CO. The van der Waals surface area contributed by atoms with Crippen LogP contribution in [-0.2, 0) is 4.79 Å². The van der Waals surface area contributed by atoms with Crippen molar-refractivity contribution in [2.45, 2.75) is 18.2 Å². The van der Waals surface area contributed by atoms with Crippen LogP contribution in [0.3, 0.4) is 0 Å². The lowest BCUT2D eigenvalue weighted by atomic mass is 10.1. The van der Waals surface area contributed by atoms with Crippen LogP contribution in [0.25, 0.3) is 0 Å². The van der Waals surface area contributed by atoms with Gasteiger partial charge in [-0.15, -0.1) is 12.4 Å². The number of aldehydes is 1. The van der Waals surface area contributed by atoms with Gasteiger partial charge in [0.15, 0.2) is 0 Å². The zero-order chi connectivity index (χ0) is 8.15. The van der Waals surface area contributed by atoms with Gasteiger partial charge in [-0.25, -0.2) is 0 Å². The first-order valence-corrected chi connectivity index (χ1v) is 2.81. The van der Waals surface area contributed by atoms with Gasteiger partial charge in [-0.05, 0) is 0 Å². The molecule has 0 aromatic heterocycles. The zero-order valence-electron chi connectivity index (χ0n) is 5.75. The molecule has 0 fully saturated rings. The Hall–Kier alpha value is -0.200. The summed E-state index contributed by atoms with van der Waals surface area (Å²) in [6.45, 7) is -0.608. The van der Waals surface area contributed by atoms with Gasteiger partial charge in [-0.2, -0.15) is 0 Å². The van der Waals surface area contributed by atoms with Gasteiger partial charge in [-0.1, -0.05) is 0 Å². The van der Waals surface area contributed by atoms with Crippen LogP contribution in [0.15, 0.2) is 0 Å². The van der Waals surface area contributed by atoms with Crippen LogP contribution in [0.2, 0.25) is 0 Å². The highest BCUT2D eigenvalue weighted by atomic mass is 35.5. The fourth-order valence-electron chi connectivity index (χ4n) is 0.445. The molecule has 0 bridgehead atoms. The Labute approximate surface area is 70.2 Å². The Balaban J connectivity index is 0. The molecule has 0 radical (unpaired) electrons. The molecule has 11 heavy (non-hydrogen) atoms. The molecule has 0 aliphatic heterocycles. The molecule has 0 saturated heterocycles. The third-order valence-corrected chi connectivity index (χ3v) is 1.13. The van der Waals surface area contributed by atoms with E-state index in [1.54, 1.807) is 0 Å². The molecule has 0 heterocycles. The summed E-state index contributed by atoms with van der Waals surface area (Å²) in [5, 5.41) is 25.8. The highest BCUT2D eigenvalue weighted by molar-refractivity contribution is 5.85. The van der Waals surface area contributed by atoms with Crippen molar-refractivity contribution in [1.29, 1.82) is 0 Å². The quantitative estimate of drug-likeness (QED) is 0.367. The maximum atomic E-state index is 9.89. The summed E-state index contributed by atoms with van der Waals surface area (Å²) in [6.07, 6.45) is -2.42. The number of aliphatic hydroxyl groups excluding tert-OH is 3. The Morgan fingerprint density at radius 2 is 1.91 bits per heavy atom. The van der Waals surface area contributed by atoms with Gasteiger partial charge in [0.1, 0.15) is 18.5 Å². The predicted octanol–water partition coefficient (Wildman–Crippen LogP) is -2.35. The van der Waals surface area contributed by atoms with Crippen molar-refractivity contribution < 1.29 is 20.1 Å². The largest absolute Gasteiger partial charge is 0.394 e. The summed E-state index contributed by atoms with van der Waals surface area (Å²) >= 11 is 0. The minimum Gasteiger partial charge on any atom is -0.394 e. The molecule has 5 nitrogen and oxygen atoms in total. The molecule has 0 aromatic carbocycles. The minimum absolute atomic E-state index is 0. The Bertz CT molecular complexity index is 113. The highest BCUT2D eigenvalue weighted by Crippen LogP contribution is 1.94. The lowest BCUT2D eigenvalue weighted by Gasteiger charge is -2.17. The lowest BCUT2D eigenvalue weighted by Crippen LogP contribution is -2.45. The van der Waals surface area contributed by atoms with Crippen LogP contribution in [0, 0.1) is 0 Å². The number of nitrogens with two attached hydrogens (primary N) is 1. The van der Waals surface area contributed by atoms with E-state index in [0.29, 0.717) is 6.29 Å². The summed E-state index contributed by atoms with van der Waals surface area (Å²) in [4.78, 5) is 9.89. The third kappa shape index (κ3) is 4.28. The molecule has 0 aliphatic rings. The standard InChI is InChI=1S/C5H11NO4.ClH/c6-3(1-7)5(10)4(9)2-8;/h1,3-5,8-10H,2,6H2;1H. The summed E-state index contributed by atoms with van der Waals surface area (Å²) in [7, 11) is 0. The highest BCUT2D eigenvalue weighted by Gasteiger charge is 2.21. The fraction of sp³-hybridized carbons (Fsp3) is 0.800. The van der Waals surface area contributed by atoms with Crippen LogP contribution < -0.4 is 5.73 Å². The Kier molecular flexibility index (Phi) is 7.92. The van der Waals surface area contributed by atoms with E-state index in [1.807, 2.05) is 0 Å². The summed E-state index contributed by atoms with van der Waals surface area (Å²) in [6, 6.07) is -1.14. The molecular formula is C5H12ClNO4. The Morgan fingerprint density at radius 1 is 1.45 bits per heavy atom. The molecule has 0 rings (SSSR count). The molecule has 0 amide bonds. The van der Waals surface area contributed by atoms with Gasteiger partial charge < -0.3 is 25.8 Å². The van der Waals surface area contributed by atoms with Gasteiger partial charge in [0.05, 0.1) is 12.6 Å². The number of aliphatic hydroxyl groups is 3. The van der Waals surface area contributed by atoms with Gasteiger partial charge >= 0.3 is 0 Å². The first kappa shape index (κ1) is 13.4. The van der Waals surface area contributed by atoms with E-state index in [0.717, 1.165) is 0 Å². The van der Waals surface area contributed by atoms with Crippen molar-refractivity contribution in [3.05, 3.63) is 0 Å². The number of hydrogen-bond acceptors (Lipinski definition) is 5. The topological polar surface area (TPSA) is 104 Å². The number of carbonyl (C=O) groups excluding carboxylic acids is 1. The van der Waals surface area contributed by atoms with Crippen molar-refractivity contribution in [2.75, 3.05) is 6.61 Å². The second kappa shape index (κ2) is 6.51.